The average Bonchev–Trinajstić information content (AvgIpc) is 3.64. The molecule has 0 unspecified atom stereocenters. The quantitative estimate of drug-likeness (QED) is 0.144. The first kappa shape index (κ1) is 36.0. The van der Waals surface area contributed by atoms with E-state index in [1.54, 1.807) is 5.56 Å². The lowest BCUT2D eigenvalue weighted by atomic mass is 9.48. The fourth-order valence-electron chi connectivity index (χ4n) is 12.1. The molecule has 296 valence electrons. The van der Waals surface area contributed by atoms with Crippen LogP contribution >= 0.6 is 0 Å². The number of hydrogen-bond acceptors (Lipinski definition) is 2. The highest BCUT2D eigenvalue weighted by molar-refractivity contribution is 6.10. The first-order valence-corrected chi connectivity index (χ1v) is 22.3. The molecule has 9 aromatic rings. The summed E-state index contributed by atoms with van der Waals surface area (Å²) in [7, 11) is 0. The highest BCUT2D eigenvalue weighted by Crippen LogP contribution is 2.61. The van der Waals surface area contributed by atoms with Gasteiger partial charge in [0, 0.05) is 50.6 Å². The van der Waals surface area contributed by atoms with Gasteiger partial charge in [0.25, 0.3) is 0 Å². The first-order valence-electron chi connectivity index (χ1n) is 22.3. The van der Waals surface area contributed by atoms with Gasteiger partial charge in [0.2, 0.25) is 0 Å². The Morgan fingerprint density at radius 1 is 0.361 bits per heavy atom. The van der Waals surface area contributed by atoms with Crippen molar-refractivity contribution in [3.63, 3.8) is 0 Å². The summed E-state index contributed by atoms with van der Waals surface area (Å²) in [6, 6.07) is 75.9. The average molecular weight is 788 g/mol. The Bertz CT molecular complexity index is 2950. The summed E-state index contributed by atoms with van der Waals surface area (Å²) in [4.78, 5) is 4.85. The fraction of sp³-hybridized carbons (Fsp3) is 0.172. The Labute approximate surface area is 359 Å². The van der Waals surface area contributed by atoms with Crippen molar-refractivity contribution in [1.29, 1.82) is 0 Å². The van der Waals surface area contributed by atoms with Gasteiger partial charge in [0.05, 0.1) is 11.0 Å². The predicted octanol–water partition coefficient (Wildman–Crippen LogP) is 15.9. The van der Waals surface area contributed by atoms with Crippen LogP contribution in [0.5, 0.6) is 0 Å². The number of rotatable bonds is 9. The molecule has 1 aromatic heterocycles. The van der Waals surface area contributed by atoms with E-state index in [0.29, 0.717) is 5.41 Å². The van der Waals surface area contributed by atoms with Crippen molar-refractivity contribution in [2.75, 3.05) is 9.80 Å². The third kappa shape index (κ3) is 6.34. The third-order valence-electron chi connectivity index (χ3n) is 14.3. The Balaban J connectivity index is 0.977. The van der Waals surface area contributed by atoms with Crippen molar-refractivity contribution in [2.45, 2.75) is 43.9 Å². The van der Waals surface area contributed by atoms with Crippen LogP contribution in [0.25, 0.3) is 38.6 Å². The van der Waals surface area contributed by atoms with Crippen molar-refractivity contribution >= 4 is 55.9 Å². The van der Waals surface area contributed by atoms with Gasteiger partial charge in [-0.3, -0.25) is 0 Å². The molecule has 4 fully saturated rings. The van der Waals surface area contributed by atoms with Gasteiger partial charge in [-0.25, -0.2) is 0 Å². The maximum Gasteiger partial charge on any atom is 0.0542 e. The summed E-state index contributed by atoms with van der Waals surface area (Å²) in [5.74, 6) is 2.76. The van der Waals surface area contributed by atoms with Gasteiger partial charge < -0.3 is 14.4 Å². The molecule has 4 saturated carbocycles. The molecule has 61 heavy (non-hydrogen) atoms. The van der Waals surface area contributed by atoms with E-state index in [9.17, 15) is 0 Å². The van der Waals surface area contributed by atoms with E-state index >= 15 is 0 Å². The van der Waals surface area contributed by atoms with Crippen molar-refractivity contribution in [3.8, 4) is 16.8 Å². The van der Waals surface area contributed by atoms with Crippen LogP contribution in [-0.4, -0.2) is 4.57 Å². The minimum Gasteiger partial charge on any atom is -0.310 e. The highest BCUT2D eigenvalue weighted by atomic mass is 15.2. The molecule has 8 aromatic carbocycles. The zero-order valence-corrected chi connectivity index (χ0v) is 34.4. The van der Waals surface area contributed by atoms with Crippen molar-refractivity contribution in [1.82, 2.24) is 4.57 Å². The lowest BCUT2D eigenvalue weighted by molar-refractivity contribution is -0.00518. The number of nitrogens with zero attached hydrogens (tertiary/aromatic N) is 3. The molecule has 0 atom stereocenters. The number of fused-ring (bicyclic) bond motifs is 3. The van der Waals surface area contributed by atoms with Crippen molar-refractivity contribution in [3.05, 3.63) is 212 Å². The number of anilines is 6. The molecule has 13 rings (SSSR count). The van der Waals surface area contributed by atoms with E-state index in [1.165, 1.54) is 77.1 Å². The zero-order valence-electron chi connectivity index (χ0n) is 34.4. The Morgan fingerprint density at radius 2 is 0.820 bits per heavy atom. The summed E-state index contributed by atoms with van der Waals surface area (Å²) in [6.45, 7) is 0. The van der Waals surface area contributed by atoms with Crippen LogP contribution in [0.15, 0.2) is 206 Å². The smallest absolute Gasteiger partial charge is 0.0542 e. The second kappa shape index (κ2) is 14.7. The highest BCUT2D eigenvalue weighted by Gasteiger charge is 2.51. The molecule has 4 bridgehead atoms. The molecule has 1 heterocycles. The molecule has 0 radical (unpaired) electrons. The number of benzene rings is 8. The van der Waals surface area contributed by atoms with Gasteiger partial charge in [0.15, 0.2) is 0 Å². The van der Waals surface area contributed by atoms with Crippen LogP contribution < -0.4 is 9.80 Å². The Kier molecular flexibility index (Phi) is 8.69. The van der Waals surface area contributed by atoms with Gasteiger partial charge in [-0.15, -0.1) is 0 Å². The first-order chi connectivity index (χ1) is 30.2. The predicted molar refractivity (Wildman–Crippen MR) is 255 cm³/mol. The molecule has 4 aliphatic carbocycles. The third-order valence-corrected chi connectivity index (χ3v) is 14.3. The summed E-state index contributed by atoms with van der Waals surface area (Å²) in [5, 5.41) is 2.47. The number of aromatic nitrogens is 1. The van der Waals surface area contributed by atoms with Crippen LogP contribution in [0.3, 0.4) is 0 Å². The second-order valence-corrected chi connectivity index (χ2v) is 18.1. The maximum atomic E-state index is 2.48. The minimum absolute atomic E-state index is 0.361. The Hall–Kier alpha value is -6.84. The van der Waals surface area contributed by atoms with Gasteiger partial charge in [-0.2, -0.15) is 0 Å². The largest absolute Gasteiger partial charge is 0.310 e. The molecule has 0 N–H and O–H groups in total. The van der Waals surface area contributed by atoms with E-state index in [1.807, 2.05) is 0 Å². The lowest BCUT2D eigenvalue weighted by Crippen LogP contribution is -2.48. The SMILES string of the molecule is c1ccc(-c2ccc(N(c3ccc(C45CC6CC(CC(C6)C4)C5)cc3)c3cccc(N(c4ccccc4)c4ccc5c(c4)c4ccccc4n5-c4ccccc4)c3)cc2)cc1. The van der Waals surface area contributed by atoms with Gasteiger partial charge in [-0.1, -0.05) is 115 Å². The fourth-order valence-corrected chi connectivity index (χ4v) is 12.1. The van der Waals surface area contributed by atoms with Crippen molar-refractivity contribution in [2.24, 2.45) is 17.8 Å². The van der Waals surface area contributed by atoms with E-state index in [-0.39, 0.29) is 0 Å². The van der Waals surface area contributed by atoms with Crippen LogP contribution in [0.2, 0.25) is 0 Å². The lowest BCUT2D eigenvalue weighted by Gasteiger charge is -2.57. The van der Waals surface area contributed by atoms with E-state index in [4.69, 9.17) is 0 Å². The molecular formula is C58H49N3. The van der Waals surface area contributed by atoms with Crippen LogP contribution in [0.1, 0.15) is 44.1 Å². The topological polar surface area (TPSA) is 11.4 Å². The molecule has 3 heteroatoms. The summed E-state index contributed by atoms with van der Waals surface area (Å²) in [6.07, 6.45) is 8.51. The summed E-state index contributed by atoms with van der Waals surface area (Å²) < 4.78 is 2.39. The molecule has 0 amide bonds. The normalized spacial score (nSPS) is 20.3. The maximum absolute atomic E-state index is 2.48. The number of para-hydroxylation sites is 3. The molecule has 3 nitrogen and oxygen atoms in total. The minimum atomic E-state index is 0.361. The second-order valence-electron chi connectivity index (χ2n) is 18.1. The van der Waals surface area contributed by atoms with E-state index in [2.05, 4.69) is 221 Å². The Morgan fingerprint density at radius 3 is 1.48 bits per heavy atom. The van der Waals surface area contributed by atoms with Gasteiger partial charge >= 0.3 is 0 Å². The van der Waals surface area contributed by atoms with E-state index in [0.717, 1.165) is 51.9 Å². The summed E-state index contributed by atoms with van der Waals surface area (Å²) >= 11 is 0. The van der Waals surface area contributed by atoms with Crippen LogP contribution in [0, 0.1) is 17.8 Å². The van der Waals surface area contributed by atoms with Gasteiger partial charge in [0.1, 0.15) is 0 Å². The number of hydrogen-bond donors (Lipinski definition) is 0. The zero-order chi connectivity index (χ0) is 40.3. The molecule has 0 spiro atoms. The molecule has 4 aliphatic rings. The van der Waals surface area contributed by atoms with Gasteiger partial charge in [-0.05, 0) is 169 Å². The van der Waals surface area contributed by atoms with Crippen LogP contribution in [-0.2, 0) is 5.41 Å². The summed E-state index contributed by atoms with van der Waals surface area (Å²) in [5.41, 5.74) is 14.7. The molecule has 0 aliphatic heterocycles. The van der Waals surface area contributed by atoms with E-state index < -0.39 is 0 Å². The standard InChI is InChI=1S/C58H49N3/c1-4-13-44(14-5-1)45-23-27-49(28-24-45)59(50-29-25-46(26-30-50)58-38-41-33-42(39-58)35-43(34-41)40-58)51-19-12-20-52(36-51)60(47-15-6-2-7-16-47)53-31-32-57-55(37-53)54-21-10-11-22-56(54)61(57)48-17-8-3-9-18-48/h1-32,36-37,41-43H,33-35,38-40H2. The monoisotopic (exact) mass is 787 g/mol. The molecule has 0 saturated heterocycles. The molecular weight excluding hydrogens is 739 g/mol. The van der Waals surface area contributed by atoms with Crippen LogP contribution in [0.4, 0.5) is 34.1 Å². The van der Waals surface area contributed by atoms with Crippen molar-refractivity contribution < 1.29 is 0 Å².